The van der Waals surface area contributed by atoms with Crippen LogP contribution in [0.3, 0.4) is 0 Å². The van der Waals surface area contributed by atoms with Gasteiger partial charge in [0.05, 0.1) is 63.0 Å². The number of hydrogen-bond donors (Lipinski definition) is 0. The molecule has 0 atom stereocenters. The van der Waals surface area contributed by atoms with Crippen molar-refractivity contribution in [2.45, 2.75) is 153 Å². The Hall–Kier alpha value is 1.41. The van der Waals surface area contributed by atoms with Crippen molar-refractivity contribution >= 4 is 56.3 Å². The van der Waals surface area contributed by atoms with Crippen molar-refractivity contribution in [1.29, 1.82) is 0 Å². The summed E-state index contributed by atoms with van der Waals surface area (Å²) in [4.78, 5) is -1.43. The molecule has 0 rings (SSSR count). The molecule has 0 aromatic carbocycles. The van der Waals surface area contributed by atoms with E-state index >= 15 is 4.57 Å². The first-order valence-corrected chi connectivity index (χ1v) is 35.8. The third-order valence-electron chi connectivity index (χ3n) is 9.47. The summed E-state index contributed by atoms with van der Waals surface area (Å²) in [6, 6.07) is 0. The van der Waals surface area contributed by atoms with Gasteiger partial charge in [-0.1, -0.05) is 118 Å². The third kappa shape index (κ3) is 7.34. The maximum absolute atomic E-state index is 15.4. The lowest BCUT2D eigenvalue weighted by Crippen LogP contribution is -2.69. The number of hydrogen-bond acceptors (Lipinski definition) is 4. The van der Waals surface area contributed by atoms with Gasteiger partial charge in [-0.05, 0) is 20.8 Å². The molecule has 0 spiro atoms. The second-order valence-corrected chi connectivity index (χ2v) is 53.0. The van der Waals surface area contributed by atoms with Crippen molar-refractivity contribution in [3.8, 4) is 0 Å². The van der Waals surface area contributed by atoms with Crippen LogP contribution in [0.15, 0.2) is 0 Å². The summed E-state index contributed by atoms with van der Waals surface area (Å²) in [6.45, 7) is 48.7. The number of phosphoric acid groups is 1. The molecule has 0 aliphatic carbocycles. The quantitative estimate of drug-likeness (QED) is 0.162. The molecule has 0 heterocycles. The van der Waals surface area contributed by atoms with E-state index in [1.807, 2.05) is 0 Å². The van der Waals surface area contributed by atoms with Gasteiger partial charge in [-0.3, -0.25) is 13.6 Å². The Balaban J connectivity index is 7.42. The monoisotopic (exact) mass is 614 g/mol. The Bertz CT molecular complexity index is 643. The predicted molar refractivity (Wildman–Crippen MR) is 176 cm³/mol. The average Bonchev–Trinajstić information content (AvgIpc) is 2.47. The van der Waals surface area contributed by atoms with E-state index in [9.17, 15) is 0 Å². The molecule has 0 fully saturated rings. The molecule has 212 valence electrons. The molecule has 0 saturated carbocycles. The zero-order valence-corrected chi connectivity index (χ0v) is 34.5. The van der Waals surface area contributed by atoms with Gasteiger partial charge < -0.3 is 0 Å². The minimum atomic E-state index is -3.95. The molecule has 0 saturated heterocycles. The summed E-state index contributed by atoms with van der Waals surface area (Å²) in [7, 11) is -15.6. The van der Waals surface area contributed by atoms with Crippen LogP contribution in [0.4, 0.5) is 0 Å². The molecular weight excluding hydrogens is 552 g/mol. The van der Waals surface area contributed by atoms with Crippen molar-refractivity contribution in [3.63, 3.8) is 0 Å². The fraction of sp³-hybridized carbons (Fsp3) is 1.00. The zero-order chi connectivity index (χ0) is 29.1. The SMILES string of the molecule is CC(OP(=O)(OC(C)([Si](C)(C)C)[Si](C)(C)C)OC(C)([Si](C)(C)C)[Si](C)(C)C)([Si](C)(C)C)[Si](C)(C)C. The molecule has 0 aliphatic rings. The molecule has 4 nitrogen and oxygen atoms in total. The van der Waals surface area contributed by atoms with Crippen molar-refractivity contribution in [2.75, 3.05) is 0 Å². The fourth-order valence-electron chi connectivity index (χ4n) is 4.92. The Kier molecular flexibility index (Phi) is 10.5. The topological polar surface area (TPSA) is 44.8 Å². The van der Waals surface area contributed by atoms with Crippen LogP contribution in [-0.4, -0.2) is 63.0 Å². The molecule has 35 heavy (non-hydrogen) atoms. The van der Waals surface area contributed by atoms with Crippen molar-refractivity contribution in [1.82, 2.24) is 0 Å². The standard InChI is InChI=1S/C24H63O4PSi6/c1-22(30(4,5)6,31(7,8)9)26-29(25,27-23(2,32(10,11)12)33(13,14)15)28-24(3,34(16,17)18)35(19,20)21/h1-21H3. The van der Waals surface area contributed by atoms with Gasteiger partial charge in [0, 0.05) is 0 Å². The van der Waals surface area contributed by atoms with Gasteiger partial charge in [0.25, 0.3) is 0 Å². The van der Waals surface area contributed by atoms with Crippen LogP contribution in [0.2, 0.25) is 118 Å². The van der Waals surface area contributed by atoms with Gasteiger partial charge in [0.1, 0.15) is 0 Å². The van der Waals surface area contributed by atoms with E-state index in [1.54, 1.807) is 0 Å². The molecule has 0 aromatic heterocycles. The zero-order valence-electron chi connectivity index (χ0n) is 27.6. The van der Waals surface area contributed by atoms with Crippen LogP contribution in [0, 0.1) is 0 Å². The van der Waals surface area contributed by atoms with Gasteiger partial charge in [-0.15, -0.1) is 0 Å². The minimum absolute atomic E-state index is 0.477. The van der Waals surface area contributed by atoms with Gasteiger partial charge in [0.15, 0.2) is 0 Å². The van der Waals surface area contributed by atoms with Crippen LogP contribution in [0.1, 0.15) is 20.8 Å². The molecule has 0 bridgehead atoms. The lowest BCUT2D eigenvalue weighted by molar-refractivity contribution is 0.0498. The maximum atomic E-state index is 15.4. The Labute approximate surface area is 226 Å². The lowest BCUT2D eigenvalue weighted by atomic mass is 10.8. The molecule has 0 aliphatic heterocycles. The van der Waals surface area contributed by atoms with Crippen LogP contribution in [-0.2, 0) is 18.1 Å². The normalized spacial score (nSPS) is 16.6. The van der Waals surface area contributed by atoms with Gasteiger partial charge in [0.2, 0.25) is 0 Å². The fourth-order valence-corrected chi connectivity index (χ4v) is 42.0. The third-order valence-corrected chi connectivity index (χ3v) is 43.6. The summed E-state index contributed by atoms with van der Waals surface area (Å²) in [6.07, 6.45) is 0. The number of phosphoric ester groups is 1. The van der Waals surface area contributed by atoms with E-state index in [0.29, 0.717) is 0 Å². The van der Waals surface area contributed by atoms with Gasteiger partial charge >= 0.3 is 7.82 Å². The lowest BCUT2D eigenvalue weighted by Gasteiger charge is -2.56. The molecule has 0 N–H and O–H groups in total. The summed E-state index contributed by atoms with van der Waals surface area (Å²) in [5.74, 6) is 0. The van der Waals surface area contributed by atoms with E-state index in [-0.39, 0.29) is 0 Å². The summed E-state index contributed by atoms with van der Waals surface area (Å²) in [5.41, 5.74) is 0. The second kappa shape index (κ2) is 10.1. The van der Waals surface area contributed by atoms with E-state index in [0.717, 1.165) is 0 Å². The Morgan fingerprint density at radius 1 is 0.371 bits per heavy atom. The summed E-state index contributed by atoms with van der Waals surface area (Å²) >= 11 is 0. The second-order valence-electron chi connectivity index (χ2n) is 17.3. The smallest absolute Gasteiger partial charge is 0.288 e. The van der Waals surface area contributed by atoms with E-state index < -0.39 is 70.8 Å². The first-order valence-electron chi connectivity index (χ1n) is 13.3. The Morgan fingerprint density at radius 3 is 0.571 bits per heavy atom. The van der Waals surface area contributed by atoms with Crippen LogP contribution in [0.25, 0.3) is 0 Å². The molecule has 0 aromatic rings. The summed E-state index contributed by atoms with van der Waals surface area (Å²) in [5, 5.41) is 0. The Morgan fingerprint density at radius 2 is 0.486 bits per heavy atom. The van der Waals surface area contributed by atoms with E-state index in [2.05, 4.69) is 139 Å². The summed E-state index contributed by atoms with van der Waals surface area (Å²) < 4.78 is 36.6. The van der Waals surface area contributed by atoms with Crippen molar-refractivity contribution in [2.24, 2.45) is 0 Å². The molecular formula is C24H63O4PSi6. The highest BCUT2D eigenvalue weighted by molar-refractivity contribution is 7.49. The highest BCUT2D eigenvalue weighted by Gasteiger charge is 2.63. The first kappa shape index (κ1) is 36.4. The van der Waals surface area contributed by atoms with Crippen LogP contribution >= 0.6 is 7.82 Å². The molecule has 0 amide bonds. The molecule has 11 heteroatoms. The van der Waals surface area contributed by atoms with Crippen molar-refractivity contribution < 1.29 is 18.1 Å². The highest BCUT2D eigenvalue weighted by Crippen LogP contribution is 2.64. The van der Waals surface area contributed by atoms with E-state index in [4.69, 9.17) is 13.6 Å². The van der Waals surface area contributed by atoms with E-state index in [1.165, 1.54) is 0 Å². The van der Waals surface area contributed by atoms with Gasteiger partial charge in [-0.25, -0.2) is 4.57 Å². The van der Waals surface area contributed by atoms with Gasteiger partial charge in [-0.2, -0.15) is 0 Å². The first-order chi connectivity index (χ1) is 14.6. The predicted octanol–water partition coefficient (Wildman–Crippen LogP) is 9.68. The maximum Gasteiger partial charge on any atom is 0.474 e. The van der Waals surface area contributed by atoms with Crippen LogP contribution in [0.5, 0.6) is 0 Å². The molecule has 0 radical (unpaired) electrons. The highest BCUT2D eigenvalue weighted by atomic mass is 31.2. The largest absolute Gasteiger partial charge is 0.474 e. The minimum Gasteiger partial charge on any atom is -0.288 e. The number of rotatable bonds is 12. The van der Waals surface area contributed by atoms with Crippen molar-refractivity contribution in [3.05, 3.63) is 0 Å². The average molecular weight is 615 g/mol. The van der Waals surface area contributed by atoms with Crippen LogP contribution < -0.4 is 0 Å². The molecule has 0 unspecified atom stereocenters.